The van der Waals surface area contributed by atoms with Crippen LogP contribution in [0, 0.1) is 6.92 Å². The zero-order chi connectivity index (χ0) is 17.8. The van der Waals surface area contributed by atoms with E-state index in [1.165, 1.54) is 0 Å². The smallest absolute Gasteiger partial charge is 0.290 e. The molecule has 0 saturated heterocycles. The van der Waals surface area contributed by atoms with E-state index in [9.17, 15) is 4.79 Å². The fourth-order valence-corrected chi connectivity index (χ4v) is 2.85. The minimum absolute atomic E-state index is 0.187. The molecule has 1 amide bonds. The van der Waals surface area contributed by atoms with E-state index in [0.29, 0.717) is 36.1 Å². The van der Waals surface area contributed by atoms with Gasteiger partial charge in [-0.15, -0.1) is 0 Å². The SMILES string of the molecule is COCCN(Cc1ccccn1)C(=O)c1oc2ccc(Cl)cc2c1C. The van der Waals surface area contributed by atoms with Gasteiger partial charge in [0, 0.05) is 35.8 Å². The lowest BCUT2D eigenvalue weighted by molar-refractivity contribution is 0.0648. The van der Waals surface area contributed by atoms with Crippen LogP contribution in [0.15, 0.2) is 47.0 Å². The van der Waals surface area contributed by atoms with Crippen molar-refractivity contribution in [1.82, 2.24) is 9.88 Å². The number of pyridine rings is 1. The van der Waals surface area contributed by atoms with Crippen molar-refractivity contribution in [3.63, 3.8) is 0 Å². The van der Waals surface area contributed by atoms with Gasteiger partial charge in [-0.3, -0.25) is 9.78 Å². The number of hydrogen-bond acceptors (Lipinski definition) is 4. The molecule has 3 aromatic rings. The second-order valence-electron chi connectivity index (χ2n) is 5.74. The highest BCUT2D eigenvalue weighted by atomic mass is 35.5. The number of aromatic nitrogens is 1. The van der Waals surface area contributed by atoms with E-state index in [0.717, 1.165) is 16.6 Å². The second kappa shape index (κ2) is 7.68. The third kappa shape index (κ3) is 3.83. The molecule has 0 saturated carbocycles. The summed E-state index contributed by atoms with van der Waals surface area (Å²) < 4.78 is 10.9. The average Bonchev–Trinajstić information content (AvgIpc) is 2.95. The van der Waals surface area contributed by atoms with Crippen molar-refractivity contribution in [3.8, 4) is 0 Å². The van der Waals surface area contributed by atoms with Crippen LogP contribution in [-0.4, -0.2) is 36.1 Å². The first-order valence-electron chi connectivity index (χ1n) is 7.97. The van der Waals surface area contributed by atoms with Crippen LogP contribution in [0.3, 0.4) is 0 Å². The Balaban J connectivity index is 1.92. The molecule has 0 bridgehead atoms. The van der Waals surface area contributed by atoms with E-state index in [-0.39, 0.29) is 5.91 Å². The van der Waals surface area contributed by atoms with Gasteiger partial charge in [-0.1, -0.05) is 17.7 Å². The Hall–Kier alpha value is -2.37. The molecule has 25 heavy (non-hydrogen) atoms. The molecule has 0 radical (unpaired) electrons. The number of halogens is 1. The van der Waals surface area contributed by atoms with E-state index in [2.05, 4.69) is 4.98 Å². The lowest BCUT2D eigenvalue weighted by atomic mass is 10.1. The van der Waals surface area contributed by atoms with Crippen LogP contribution in [0.4, 0.5) is 0 Å². The zero-order valence-corrected chi connectivity index (χ0v) is 14.9. The molecular weight excluding hydrogens is 340 g/mol. The first-order chi connectivity index (χ1) is 12.1. The molecule has 0 fully saturated rings. The Morgan fingerprint density at radius 1 is 1.32 bits per heavy atom. The Kier molecular flexibility index (Phi) is 5.36. The zero-order valence-electron chi connectivity index (χ0n) is 14.2. The quantitative estimate of drug-likeness (QED) is 0.666. The van der Waals surface area contributed by atoms with Crippen LogP contribution >= 0.6 is 11.6 Å². The summed E-state index contributed by atoms with van der Waals surface area (Å²) in [6, 6.07) is 11.0. The summed E-state index contributed by atoms with van der Waals surface area (Å²) in [5.41, 5.74) is 2.24. The van der Waals surface area contributed by atoms with Crippen LogP contribution in [0.5, 0.6) is 0 Å². The Morgan fingerprint density at radius 2 is 2.16 bits per heavy atom. The molecule has 6 heteroatoms. The van der Waals surface area contributed by atoms with Crippen LogP contribution in [0.2, 0.25) is 5.02 Å². The number of nitrogens with zero attached hydrogens (tertiary/aromatic N) is 2. The first kappa shape index (κ1) is 17.5. The molecule has 0 spiro atoms. The molecule has 0 aliphatic heterocycles. The average molecular weight is 359 g/mol. The molecule has 2 aromatic heterocycles. The molecule has 1 aromatic carbocycles. The molecule has 0 aliphatic carbocycles. The van der Waals surface area contributed by atoms with Crippen molar-refractivity contribution < 1.29 is 13.9 Å². The number of fused-ring (bicyclic) bond motifs is 1. The van der Waals surface area contributed by atoms with Gasteiger partial charge in [-0.25, -0.2) is 0 Å². The number of hydrogen-bond donors (Lipinski definition) is 0. The minimum atomic E-state index is -0.187. The van der Waals surface area contributed by atoms with Crippen molar-refractivity contribution in [1.29, 1.82) is 0 Å². The van der Waals surface area contributed by atoms with E-state index in [1.807, 2.05) is 31.2 Å². The molecule has 0 unspecified atom stereocenters. The van der Waals surface area contributed by atoms with Crippen LogP contribution in [0.25, 0.3) is 11.0 Å². The van der Waals surface area contributed by atoms with E-state index in [1.54, 1.807) is 30.3 Å². The number of methoxy groups -OCH3 is 1. The van der Waals surface area contributed by atoms with Crippen molar-refractivity contribution >= 4 is 28.5 Å². The molecule has 5 nitrogen and oxygen atoms in total. The summed E-state index contributed by atoms with van der Waals surface area (Å²) in [7, 11) is 1.61. The monoisotopic (exact) mass is 358 g/mol. The fourth-order valence-electron chi connectivity index (χ4n) is 2.68. The number of amides is 1. The number of ether oxygens (including phenoxy) is 1. The van der Waals surface area contributed by atoms with Crippen molar-refractivity contribution in [2.45, 2.75) is 13.5 Å². The molecule has 0 aliphatic rings. The Bertz CT molecular complexity index is 877. The molecule has 2 heterocycles. The second-order valence-corrected chi connectivity index (χ2v) is 6.17. The highest BCUT2D eigenvalue weighted by Crippen LogP contribution is 2.28. The Morgan fingerprint density at radius 3 is 2.88 bits per heavy atom. The van der Waals surface area contributed by atoms with Crippen LogP contribution < -0.4 is 0 Å². The largest absolute Gasteiger partial charge is 0.451 e. The summed E-state index contributed by atoms with van der Waals surface area (Å²) in [4.78, 5) is 19.0. The molecule has 130 valence electrons. The standard InChI is InChI=1S/C19H19ClN2O3/c1-13-16-11-14(20)6-7-17(16)25-18(13)19(23)22(9-10-24-2)12-15-5-3-4-8-21-15/h3-8,11H,9-10,12H2,1-2H3. The normalized spacial score (nSPS) is 11.0. The summed E-state index contributed by atoms with van der Waals surface area (Å²) in [6.45, 7) is 3.14. The van der Waals surface area contributed by atoms with Gasteiger partial charge in [0.25, 0.3) is 5.91 Å². The summed E-state index contributed by atoms with van der Waals surface area (Å²) in [5, 5.41) is 1.46. The maximum atomic E-state index is 13.0. The molecule has 0 N–H and O–H groups in total. The van der Waals surface area contributed by atoms with Crippen LogP contribution in [0.1, 0.15) is 21.8 Å². The number of benzene rings is 1. The Labute approximate surface area is 151 Å². The number of carbonyl (C=O) groups excluding carboxylic acids is 1. The number of rotatable bonds is 6. The highest BCUT2D eigenvalue weighted by molar-refractivity contribution is 6.31. The van der Waals surface area contributed by atoms with Crippen molar-refractivity contribution in [2.24, 2.45) is 0 Å². The van der Waals surface area contributed by atoms with E-state index in [4.69, 9.17) is 20.8 Å². The maximum absolute atomic E-state index is 13.0. The number of aryl methyl sites for hydroxylation is 1. The topological polar surface area (TPSA) is 55.6 Å². The third-order valence-electron chi connectivity index (χ3n) is 4.02. The highest BCUT2D eigenvalue weighted by Gasteiger charge is 2.23. The molecular formula is C19H19ClN2O3. The van der Waals surface area contributed by atoms with Crippen LogP contribution in [-0.2, 0) is 11.3 Å². The molecule has 0 atom stereocenters. The van der Waals surface area contributed by atoms with Gasteiger partial charge in [0.15, 0.2) is 5.76 Å². The number of furan rings is 1. The predicted octanol–water partition coefficient (Wildman–Crippen LogP) is 4.08. The van der Waals surface area contributed by atoms with Gasteiger partial charge in [0.05, 0.1) is 18.8 Å². The van der Waals surface area contributed by atoms with Gasteiger partial charge in [-0.05, 0) is 37.3 Å². The molecule has 3 rings (SSSR count). The van der Waals surface area contributed by atoms with E-state index < -0.39 is 0 Å². The third-order valence-corrected chi connectivity index (χ3v) is 4.26. The fraction of sp³-hybridized carbons (Fsp3) is 0.263. The predicted molar refractivity (Wildman–Crippen MR) is 96.8 cm³/mol. The van der Waals surface area contributed by atoms with Gasteiger partial charge < -0.3 is 14.1 Å². The maximum Gasteiger partial charge on any atom is 0.290 e. The first-order valence-corrected chi connectivity index (χ1v) is 8.34. The lowest BCUT2D eigenvalue weighted by Crippen LogP contribution is -2.33. The number of carbonyl (C=O) groups is 1. The summed E-state index contributed by atoms with van der Waals surface area (Å²) in [5.74, 6) is 0.136. The van der Waals surface area contributed by atoms with Crippen molar-refractivity contribution in [2.75, 3.05) is 20.3 Å². The van der Waals surface area contributed by atoms with Gasteiger partial charge in [0.2, 0.25) is 0 Å². The lowest BCUT2D eigenvalue weighted by Gasteiger charge is -2.21. The van der Waals surface area contributed by atoms with Gasteiger partial charge >= 0.3 is 0 Å². The van der Waals surface area contributed by atoms with Crippen molar-refractivity contribution in [3.05, 3.63) is 64.6 Å². The summed E-state index contributed by atoms with van der Waals surface area (Å²) >= 11 is 6.06. The van der Waals surface area contributed by atoms with Gasteiger partial charge in [-0.2, -0.15) is 0 Å². The van der Waals surface area contributed by atoms with Gasteiger partial charge in [0.1, 0.15) is 5.58 Å². The minimum Gasteiger partial charge on any atom is -0.451 e. The summed E-state index contributed by atoms with van der Waals surface area (Å²) in [6.07, 6.45) is 1.71. The van der Waals surface area contributed by atoms with E-state index >= 15 is 0 Å².